The van der Waals surface area contributed by atoms with Gasteiger partial charge in [0.1, 0.15) is 54.7 Å². The maximum absolute atomic E-state index is 14.3. The van der Waals surface area contributed by atoms with Crippen LogP contribution in [0, 0.1) is 11.8 Å². The molecule has 22 heteroatoms. The number of carbonyl (C=O) groups excluding carboxylic acids is 10. The van der Waals surface area contributed by atoms with Crippen molar-refractivity contribution in [1.29, 1.82) is 0 Å². The summed E-state index contributed by atoms with van der Waals surface area (Å²) in [6.07, 6.45) is 1.83. The smallest absolute Gasteiger partial charge is 0.328 e. The summed E-state index contributed by atoms with van der Waals surface area (Å²) in [5.74, 6) is -8.41. The van der Waals surface area contributed by atoms with Crippen LogP contribution in [-0.4, -0.2) is 154 Å². The number of hydrogen-bond acceptors (Lipinski definition) is 14. The van der Waals surface area contributed by atoms with E-state index in [4.69, 9.17) is 10.5 Å². The first-order chi connectivity index (χ1) is 35.7. The first-order valence-corrected chi connectivity index (χ1v) is 25.9. The van der Waals surface area contributed by atoms with Crippen LogP contribution >= 0.6 is 0 Å². The largest absolute Gasteiger partial charge is 0.463 e. The number of nitrogens with zero attached hydrogens (tertiary/aromatic N) is 1. The predicted molar refractivity (Wildman–Crippen MR) is 271 cm³/mol. The molecule has 3 aliphatic rings. The second-order valence-corrected chi connectivity index (χ2v) is 20.2. The van der Waals surface area contributed by atoms with Gasteiger partial charge >= 0.3 is 5.97 Å². The number of nitrogens with one attached hydrogen (secondary N) is 6. The van der Waals surface area contributed by atoms with Gasteiger partial charge in [-0.3, -0.25) is 38.4 Å². The molecule has 1 heterocycles. The van der Waals surface area contributed by atoms with Gasteiger partial charge < -0.3 is 67.4 Å². The number of ether oxygens (including phenoxy) is 1. The van der Waals surface area contributed by atoms with Crippen molar-refractivity contribution >= 4 is 59.0 Å². The molecule has 2 aromatic carbocycles. The van der Waals surface area contributed by atoms with Crippen LogP contribution in [0.5, 0.6) is 0 Å². The molecule has 8 amide bonds. The van der Waals surface area contributed by atoms with Gasteiger partial charge in [-0.05, 0) is 80.0 Å². The minimum Gasteiger partial charge on any atom is -0.463 e. The van der Waals surface area contributed by atoms with E-state index in [9.17, 15) is 63.3 Å². The van der Waals surface area contributed by atoms with E-state index in [1.807, 2.05) is 62.4 Å². The Hall–Kier alpha value is -6.78. The molecule has 410 valence electrons. The Morgan fingerprint density at radius 2 is 1.23 bits per heavy atom. The molecule has 0 radical (unpaired) electrons. The third-order valence-electron chi connectivity index (χ3n) is 13.9. The number of aliphatic hydroxyl groups is 3. The molecule has 5 rings (SSSR count). The van der Waals surface area contributed by atoms with E-state index >= 15 is 0 Å². The lowest BCUT2D eigenvalue weighted by Crippen LogP contribution is -2.62. The van der Waals surface area contributed by atoms with Crippen LogP contribution in [-0.2, 0) is 52.7 Å². The molecule has 2 aliphatic carbocycles. The zero-order valence-corrected chi connectivity index (χ0v) is 43.1. The highest BCUT2D eigenvalue weighted by atomic mass is 16.5. The Bertz CT molecular complexity index is 2350. The number of fused-ring (bicyclic) bond motifs is 3. The molecule has 75 heavy (non-hydrogen) atoms. The zero-order valence-electron chi connectivity index (χ0n) is 43.1. The summed E-state index contributed by atoms with van der Waals surface area (Å²) in [6, 6.07) is 5.82. The second-order valence-electron chi connectivity index (χ2n) is 20.2. The summed E-state index contributed by atoms with van der Waals surface area (Å²) in [5, 5.41) is 46.0. The Morgan fingerprint density at radius 1 is 0.680 bits per heavy atom. The highest BCUT2D eigenvalue weighted by molar-refractivity contribution is 5.98. The fourth-order valence-electron chi connectivity index (χ4n) is 9.90. The number of likely N-dealkylation sites (tertiary alicyclic amines) is 1. The standard InChI is InChI=1S/C53H74N8O14/c1-29(2)23-40(53(74)75-28-38-36-18-10-8-16-34(36)35-17-9-11-19-37(35)38)57-49(70)41(26-62)59-48(69)39(21-22-44(54)66)56-52(73)46(32-14-6-5-7-15-32)60-50(71)42(27-63)58-47(68)31(4)55-51(72)43-24-33(65)25-61(43)45(67)20-12-13-30(3)64/h8-11,16-19,29,31-33,38-43,46,62-63,65H,5-7,12-15,20-28H2,1-4H3,(H2,54,66)(H,55,72)(H,56,73)(H,57,70)(H,58,68)(H,59,69)(H,60,71)/t31-,33+,39-,40-,41-,42-,43-,46-/m0/s1. The number of benzene rings is 2. The summed E-state index contributed by atoms with van der Waals surface area (Å²) in [6.45, 7) is 4.36. The van der Waals surface area contributed by atoms with Crippen LogP contribution in [0.3, 0.4) is 0 Å². The van der Waals surface area contributed by atoms with Crippen LogP contribution in [0.1, 0.15) is 122 Å². The molecular formula is C53H74N8O14. The Morgan fingerprint density at radius 3 is 1.80 bits per heavy atom. The monoisotopic (exact) mass is 1050 g/mol. The van der Waals surface area contributed by atoms with Gasteiger partial charge in [-0.25, -0.2) is 4.79 Å². The molecule has 1 saturated heterocycles. The molecule has 1 aliphatic heterocycles. The molecule has 2 aromatic rings. The Labute approximate surface area is 436 Å². The van der Waals surface area contributed by atoms with E-state index in [-0.39, 0.29) is 69.3 Å². The molecule has 0 bridgehead atoms. The summed E-state index contributed by atoms with van der Waals surface area (Å²) < 4.78 is 5.84. The molecule has 0 aromatic heterocycles. The molecule has 8 atom stereocenters. The van der Waals surface area contributed by atoms with E-state index in [0.29, 0.717) is 25.7 Å². The van der Waals surface area contributed by atoms with Crippen molar-refractivity contribution in [2.45, 2.75) is 159 Å². The van der Waals surface area contributed by atoms with E-state index in [1.54, 1.807) is 0 Å². The van der Waals surface area contributed by atoms with E-state index < -0.39 is 127 Å². The molecule has 22 nitrogen and oxygen atoms in total. The Kier molecular flexibility index (Phi) is 22.2. The third kappa shape index (κ3) is 16.6. The van der Waals surface area contributed by atoms with Crippen LogP contribution in [0.2, 0.25) is 0 Å². The number of primary amides is 1. The van der Waals surface area contributed by atoms with Crippen molar-refractivity contribution in [3.05, 3.63) is 59.7 Å². The van der Waals surface area contributed by atoms with E-state index in [1.165, 1.54) is 18.7 Å². The van der Waals surface area contributed by atoms with Gasteiger partial charge in [-0.1, -0.05) is 81.6 Å². The maximum atomic E-state index is 14.3. The van der Waals surface area contributed by atoms with Crippen LogP contribution in [0.15, 0.2) is 48.5 Å². The quantitative estimate of drug-likeness (QED) is 0.0522. The molecule has 0 spiro atoms. The van der Waals surface area contributed by atoms with Crippen LogP contribution in [0.4, 0.5) is 0 Å². The molecule has 11 N–H and O–H groups in total. The SMILES string of the molecule is CC(=O)CCCC(=O)N1C[C@H](O)C[C@H]1C(=O)N[C@@H](C)C(=O)N[C@@H](CO)C(=O)N[C@H](C(=O)N[C@@H](CCC(N)=O)C(=O)N[C@@H](CO)C(=O)N[C@@H](CC(C)C)C(=O)OCC1c2ccccc2-c2ccccc21)C1CCCCC1. The number of Topliss-reactive ketones (excluding diaryl/α,β-unsaturated/α-hetero) is 1. The number of amides is 8. The summed E-state index contributed by atoms with van der Waals surface area (Å²) in [4.78, 5) is 134. The number of ketones is 1. The molecule has 0 unspecified atom stereocenters. The first-order valence-electron chi connectivity index (χ1n) is 25.9. The van der Waals surface area contributed by atoms with E-state index in [0.717, 1.165) is 28.7 Å². The van der Waals surface area contributed by atoms with Crippen LogP contribution < -0.4 is 37.6 Å². The summed E-state index contributed by atoms with van der Waals surface area (Å²) >= 11 is 0. The Balaban J connectivity index is 1.22. The first kappa shape index (κ1) is 59.1. The third-order valence-corrected chi connectivity index (χ3v) is 13.9. The minimum atomic E-state index is -1.65. The topological polar surface area (TPSA) is 342 Å². The van der Waals surface area contributed by atoms with Gasteiger partial charge in [0.2, 0.25) is 47.3 Å². The number of aliphatic hydroxyl groups excluding tert-OH is 3. The average Bonchev–Trinajstić information content (AvgIpc) is 3.93. The van der Waals surface area contributed by atoms with Crippen LogP contribution in [0.25, 0.3) is 11.1 Å². The highest BCUT2D eigenvalue weighted by Gasteiger charge is 2.41. The van der Waals surface area contributed by atoms with Crippen molar-refractivity contribution in [1.82, 2.24) is 36.8 Å². The van der Waals surface area contributed by atoms with Gasteiger partial charge in [0.05, 0.1) is 19.3 Å². The number of rotatable bonds is 27. The number of carbonyl (C=O) groups is 10. The fraction of sp³-hybridized carbons (Fsp3) is 0.585. The molecular weight excluding hydrogens is 973 g/mol. The normalized spacial score (nSPS) is 18.7. The number of hydrogen-bond donors (Lipinski definition) is 10. The molecule has 2 fully saturated rings. The van der Waals surface area contributed by atoms with Gasteiger partial charge in [-0.15, -0.1) is 0 Å². The zero-order chi connectivity index (χ0) is 54.9. The number of β-amino-alcohol motifs (C(OH)–C–C–N with tert-alkyl or cyclic N) is 1. The fourth-order valence-corrected chi connectivity index (χ4v) is 9.90. The van der Waals surface area contributed by atoms with E-state index in [2.05, 4.69) is 31.9 Å². The number of nitrogens with two attached hydrogens (primary N) is 1. The van der Waals surface area contributed by atoms with Gasteiger partial charge in [0.25, 0.3) is 0 Å². The van der Waals surface area contributed by atoms with Gasteiger partial charge in [-0.2, -0.15) is 0 Å². The van der Waals surface area contributed by atoms with Crippen molar-refractivity contribution < 1.29 is 68.0 Å². The second kappa shape index (κ2) is 28.2. The lowest BCUT2D eigenvalue weighted by Gasteiger charge is -2.32. The summed E-state index contributed by atoms with van der Waals surface area (Å²) in [7, 11) is 0. The van der Waals surface area contributed by atoms with Gasteiger partial charge in [0, 0.05) is 38.1 Å². The molecule has 1 saturated carbocycles. The van der Waals surface area contributed by atoms with Crippen molar-refractivity contribution in [3.8, 4) is 11.1 Å². The maximum Gasteiger partial charge on any atom is 0.328 e. The summed E-state index contributed by atoms with van der Waals surface area (Å²) in [5.41, 5.74) is 9.47. The lowest BCUT2D eigenvalue weighted by molar-refractivity contribution is -0.149. The van der Waals surface area contributed by atoms with Gasteiger partial charge in [0.15, 0.2) is 0 Å². The van der Waals surface area contributed by atoms with Crippen molar-refractivity contribution in [2.75, 3.05) is 26.4 Å². The minimum absolute atomic E-state index is 0.0148. The predicted octanol–water partition coefficient (Wildman–Crippen LogP) is -0.132. The number of esters is 1. The highest BCUT2D eigenvalue weighted by Crippen LogP contribution is 2.44. The average molecular weight is 1050 g/mol. The lowest BCUT2D eigenvalue weighted by atomic mass is 9.83. The van der Waals surface area contributed by atoms with Crippen molar-refractivity contribution in [2.24, 2.45) is 17.6 Å². The van der Waals surface area contributed by atoms with Crippen molar-refractivity contribution in [3.63, 3.8) is 0 Å².